The Balaban J connectivity index is 0.000000357. The summed E-state index contributed by atoms with van der Waals surface area (Å²) in [6, 6.07) is 7.39. The first-order chi connectivity index (χ1) is 15.8. The van der Waals surface area contributed by atoms with Crippen molar-refractivity contribution in [2.24, 2.45) is 10.7 Å². The smallest absolute Gasteiger partial charge is 0.210 e. The zero-order chi connectivity index (χ0) is 24.2. The van der Waals surface area contributed by atoms with Crippen molar-refractivity contribution in [1.29, 1.82) is 0 Å². The van der Waals surface area contributed by atoms with E-state index in [4.69, 9.17) is 28.9 Å². The summed E-state index contributed by atoms with van der Waals surface area (Å²) in [5.41, 5.74) is 10.4. The van der Waals surface area contributed by atoms with Gasteiger partial charge in [0.15, 0.2) is 0 Å². The highest BCUT2D eigenvalue weighted by molar-refractivity contribution is 6.41. The Morgan fingerprint density at radius 1 is 1.30 bits per heavy atom. The number of rotatable bonds is 8. The number of aliphatic imine (C=N–C) groups is 1. The molecule has 0 fully saturated rings. The Morgan fingerprint density at radius 2 is 2.09 bits per heavy atom. The van der Waals surface area contributed by atoms with E-state index in [1.807, 2.05) is 32.0 Å². The van der Waals surface area contributed by atoms with Gasteiger partial charge in [-0.25, -0.2) is 4.98 Å². The van der Waals surface area contributed by atoms with Gasteiger partial charge in [0.05, 0.1) is 23.8 Å². The first-order valence-electron chi connectivity index (χ1n) is 10.4. The topological polar surface area (TPSA) is 105 Å². The van der Waals surface area contributed by atoms with E-state index in [9.17, 15) is 9.59 Å². The van der Waals surface area contributed by atoms with E-state index in [1.165, 1.54) is 0 Å². The summed E-state index contributed by atoms with van der Waals surface area (Å²) in [7, 11) is 0. The monoisotopic (exact) mass is 490 g/mol. The van der Waals surface area contributed by atoms with Crippen LogP contribution in [-0.4, -0.2) is 64.5 Å². The third kappa shape index (κ3) is 8.82. The number of hydrogen-bond acceptors (Lipinski definition) is 6. The molecular weight excluding hydrogens is 463 g/mol. The number of amides is 2. The Morgan fingerprint density at radius 3 is 2.70 bits per heavy atom. The van der Waals surface area contributed by atoms with E-state index in [0.29, 0.717) is 49.3 Å². The van der Waals surface area contributed by atoms with Crippen LogP contribution in [0.4, 0.5) is 0 Å². The van der Waals surface area contributed by atoms with Crippen molar-refractivity contribution in [2.45, 2.75) is 26.8 Å². The first-order valence-corrected chi connectivity index (χ1v) is 11.1. The van der Waals surface area contributed by atoms with Gasteiger partial charge in [0.25, 0.3) is 0 Å². The number of halogens is 2. The Bertz CT molecular complexity index is 998. The van der Waals surface area contributed by atoms with Crippen molar-refractivity contribution in [1.82, 2.24) is 19.8 Å². The van der Waals surface area contributed by atoms with Crippen molar-refractivity contribution < 1.29 is 9.59 Å². The van der Waals surface area contributed by atoms with Crippen molar-refractivity contribution in [3.8, 4) is 0 Å². The number of carbonyl (C=O) groups is 2. The van der Waals surface area contributed by atoms with E-state index >= 15 is 0 Å². The molecular formula is C23H28Cl2N6O2. The number of aryl methyl sites for hydroxylation is 1. The molecule has 8 nitrogen and oxygen atoms in total. The molecule has 1 aliphatic rings. The van der Waals surface area contributed by atoms with Gasteiger partial charge in [0, 0.05) is 55.4 Å². The van der Waals surface area contributed by atoms with E-state index in [2.05, 4.69) is 15.0 Å². The number of aromatic nitrogens is 2. The fourth-order valence-corrected chi connectivity index (χ4v) is 3.39. The Labute approximate surface area is 204 Å². The normalized spacial score (nSPS) is 13.8. The first kappa shape index (κ1) is 26.3. The minimum Gasteiger partial charge on any atom is -0.402 e. The second-order valence-corrected chi connectivity index (χ2v) is 8.24. The second-order valence-electron chi connectivity index (χ2n) is 7.48. The van der Waals surface area contributed by atoms with Crippen LogP contribution in [0.15, 0.2) is 52.9 Å². The van der Waals surface area contributed by atoms with Crippen LogP contribution in [0.5, 0.6) is 0 Å². The third-order valence-corrected chi connectivity index (χ3v) is 5.60. The number of nitrogens with two attached hydrogens (primary N) is 1. The third-order valence-electron chi connectivity index (χ3n) is 4.91. The molecule has 0 saturated carbocycles. The summed E-state index contributed by atoms with van der Waals surface area (Å²) >= 11 is 11.2. The number of hydrogen-bond donors (Lipinski definition) is 1. The van der Waals surface area contributed by atoms with Crippen LogP contribution < -0.4 is 5.73 Å². The number of pyridine rings is 2. The fourth-order valence-electron chi connectivity index (χ4n) is 3.06. The minimum absolute atomic E-state index is 0.363. The lowest BCUT2D eigenvalue weighted by molar-refractivity contribution is -0.119. The molecule has 2 amide bonds. The van der Waals surface area contributed by atoms with Gasteiger partial charge in [-0.05, 0) is 37.6 Å². The molecule has 2 N–H and O–H groups in total. The molecule has 3 rings (SSSR count). The molecule has 0 unspecified atom stereocenters. The van der Waals surface area contributed by atoms with Crippen molar-refractivity contribution in [3.63, 3.8) is 0 Å². The average Bonchev–Trinajstić information content (AvgIpc) is 2.82. The molecule has 0 radical (unpaired) electrons. The summed E-state index contributed by atoms with van der Waals surface area (Å²) < 4.78 is 0. The number of nitrogens with zero attached hydrogens (tertiary/aromatic N) is 5. The predicted octanol–water partition coefficient (Wildman–Crippen LogP) is 3.27. The largest absolute Gasteiger partial charge is 0.402 e. The van der Waals surface area contributed by atoms with Crippen LogP contribution in [0.25, 0.3) is 0 Å². The van der Waals surface area contributed by atoms with Crippen LogP contribution in [0.1, 0.15) is 24.6 Å². The van der Waals surface area contributed by atoms with Gasteiger partial charge in [-0.15, -0.1) is 0 Å². The molecule has 2 aromatic heterocycles. The highest BCUT2D eigenvalue weighted by atomic mass is 35.5. The van der Waals surface area contributed by atoms with E-state index in [1.54, 1.807) is 28.3 Å². The van der Waals surface area contributed by atoms with Gasteiger partial charge < -0.3 is 15.5 Å². The standard InChI is InChI=1S/C17H23N5O2.C6H5Cl2N/c1-14(16-11-21(12-23)8-5-17(16)18)19-7-9-22(13-24)10-15-4-2-3-6-20-15;1-4-2-5(7)6(8)9-3-4/h2-4,6,12-13H,5,7-11,18H2,1H3;2-3H,1H3. The van der Waals surface area contributed by atoms with Crippen LogP contribution in [-0.2, 0) is 16.1 Å². The van der Waals surface area contributed by atoms with Gasteiger partial charge in [0.1, 0.15) is 5.15 Å². The zero-order valence-corrected chi connectivity index (χ0v) is 20.3. The molecule has 0 saturated heterocycles. The zero-order valence-electron chi connectivity index (χ0n) is 18.7. The van der Waals surface area contributed by atoms with Gasteiger partial charge >= 0.3 is 0 Å². The van der Waals surface area contributed by atoms with Gasteiger partial charge in [0.2, 0.25) is 12.8 Å². The van der Waals surface area contributed by atoms with Crippen molar-refractivity contribution in [2.75, 3.05) is 26.2 Å². The molecule has 2 aromatic rings. The molecule has 0 atom stereocenters. The SMILES string of the molecule is CC(=NCCN(C=O)Cc1ccccn1)C1=C(N)CCN(C=O)C1.Cc1cnc(Cl)c(Cl)c1. The fraction of sp³-hybridized carbons (Fsp3) is 0.348. The number of carbonyl (C=O) groups excluding carboxylic acids is 2. The van der Waals surface area contributed by atoms with Crippen LogP contribution in [0.3, 0.4) is 0 Å². The van der Waals surface area contributed by atoms with Crippen LogP contribution in [0, 0.1) is 6.92 Å². The molecule has 0 bridgehead atoms. The minimum atomic E-state index is 0.363. The van der Waals surface area contributed by atoms with E-state index in [0.717, 1.165) is 41.1 Å². The van der Waals surface area contributed by atoms with Crippen LogP contribution >= 0.6 is 23.2 Å². The summed E-state index contributed by atoms with van der Waals surface area (Å²) in [6.07, 6.45) is 5.69. The van der Waals surface area contributed by atoms with Gasteiger partial charge in [-0.1, -0.05) is 29.3 Å². The maximum Gasteiger partial charge on any atom is 0.210 e. The summed E-state index contributed by atoms with van der Waals surface area (Å²) in [5.74, 6) is 0. The van der Waals surface area contributed by atoms with Gasteiger partial charge in [-0.3, -0.25) is 19.6 Å². The maximum atomic E-state index is 11.2. The lowest BCUT2D eigenvalue weighted by atomic mass is 10.0. The molecule has 176 valence electrons. The molecule has 10 heteroatoms. The lowest BCUT2D eigenvalue weighted by Crippen LogP contribution is -2.34. The summed E-state index contributed by atoms with van der Waals surface area (Å²) in [4.78, 5) is 38.0. The van der Waals surface area contributed by atoms with Crippen molar-refractivity contribution in [3.05, 3.63) is 69.4 Å². The van der Waals surface area contributed by atoms with E-state index in [-0.39, 0.29) is 0 Å². The Kier molecular flexibility index (Phi) is 10.8. The highest BCUT2D eigenvalue weighted by Crippen LogP contribution is 2.18. The molecule has 3 heterocycles. The average molecular weight is 491 g/mol. The molecule has 0 aliphatic carbocycles. The predicted molar refractivity (Wildman–Crippen MR) is 131 cm³/mol. The second kappa shape index (κ2) is 13.5. The molecule has 1 aliphatic heterocycles. The quantitative estimate of drug-likeness (QED) is 0.347. The molecule has 0 aromatic carbocycles. The Hall–Kier alpha value is -2.97. The van der Waals surface area contributed by atoms with Crippen LogP contribution in [0.2, 0.25) is 10.2 Å². The van der Waals surface area contributed by atoms with E-state index < -0.39 is 0 Å². The molecule has 0 spiro atoms. The summed E-state index contributed by atoms with van der Waals surface area (Å²) in [6.45, 7) is 6.39. The van der Waals surface area contributed by atoms with Crippen molar-refractivity contribution >= 4 is 41.7 Å². The highest BCUT2D eigenvalue weighted by Gasteiger charge is 2.17. The summed E-state index contributed by atoms with van der Waals surface area (Å²) in [5, 5.41) is 0.874. The lowest BCUT2D eigenvalue weighted by Gasteiger charge is -2.26. The molecule has 33 heavy (non-hydrogen) atoms. The maximum absolute atomic E-state index is 11.2. The van der Waals surface area contributed by atoms with Gasteiger partial charge in [-0.2, -0.15) is 0 Å².